The lowest BCUT2D eigenvalue weighted by Gasteiger charge is -2.35. The summed E-state index contributed by atoms with van der Waals surface area (Å²) in [6.07, 6.45) is 3.59. The van der Waals surface area contributed by atoms with Gasteiger partial charge in [0.2, 0.25) is 0 Å². The third kappa shape index (κ3) is 3.54. The lowest BCUT2D eigenvalue weighted by Crippen LogP contribution is -2.42. The molecule has 0 aromatic heterocycles. The van der Waals surface area contributed by atoms with Crippen molar-refractivity contribution in [2.45, 2.75) is 40.0 Å². The number of nitrogens with zero attached hydrogens (tertiary/aromatic N) is 2. The van der Waals surface area contributed by atoms with Crippen molar-refractivity contribution in [3.63, 3.8) is 0 Å². The van der Waals surface area contributed by atoms with E-state index in [1.165, 1.54) is 11.8 Å². The van der Waals surface area contributed by atoms with E-state index in [4.69, 9.17) is 4.28 Å². The lowest BCUT2D eigenvalue weighted by atomic mass is 9.70. The number of nitriles is 1. The second-order valence-electron chi connectivity index (χ2n) is 8.98. The van der Waals surface area contributed by atoms with Gasteiger partial charge in [-0.2, -0.15) is 13.7 Å². The number of Topliss-reactive ketones (excluding diaryl/α,β-unsaturated/α-hetero) is 1. The molecule has 1 aromatic carbocycles. The van der Waals surface area contributed by atoms with E-state index >= 15 is 0 Å². The first-order valence-corrected chi connectivity index (χ1v) is 12.6. The quantitative estimate of drug-likeness (QED) is 0.475. The zero-order valence-electron chi connectivity index (χ0n) is 17.7. The van der Waals surface area contributed by atoms with Crippen LogP contribution < -0.4 is 0 Å². The maximum absolute atomic E-state index is 12.8. The van der Waals surface area contributed by atoms with E-state index in [0.29, 0.717) is 29.0 Å². The van der Waals surface area contributed by atoms with Crippen LogP contribution in [-0.2, 0) is 19.2 Å². The molecule has 6 nitrogen and oxygen atoms in total. The topological polar surface area (TPSA) is 96.6 Å². The molecule has 2 fully saturated rings. The average Bonchev–Trinajstić information content (AvgIpc) is 3.31. The van der Waals surface area contributed by atoms with E-state index in [1.807, 2.05) is 45.0 Å². The first-order chi connectivity index (χ1) is 14.6. The summed E-state index contributed by atoms with van der Waals surface area (Å²) in [6, 6.07) is 9.70. The molecule has 1 heterocycles. The van der Waals surface area contributed by atoms with Gasteiger partial charge in [-0.15, -0.1) is 0 Å². The molecule has 1 unspecified atom stereocenters. The van der Waals surface area contributed by atoms with Crippen molar-refractivity contribution in [1.82, 2.24) is 0 Å². The molecule has 1 aliphatic heterocycles. The van der Waals surface area contributed by atoms with Crippen LogP contribution in [0.1, 0.15) is 44.2 Å². The normalized spacial score (nSPS) is 29.4. The van der Waals surface area contributed by atoms with Gasteiger partial charge in [0.25, 0.3) is 0 Å². The maximum atomic E-state index is 12.8. The molecular formula is C23H24N2O4S2. The summed E-state index contributed by atoms with van der Waals surface area (Å²) in [4.78, 5) is 12.7. The Hall–Kier alpha value is -2.37. The van der Waals surface area contributed by atoms with E-state index in [-0.39, 0.29) is 22.9 Å². The van der Waals surface area contributed by atoms with Crippen LogP contribution >= 0.6 is 11.8 Å². The Labute approximate surface area is 187 Å². The van der Waals surface area contributed by atoms with Crippen LogP contribution in [0, 0.1) is 35.0 Å². The summed E-state index contributed by atoms with van der Waals surface area (Å²) in [5.41, 5.74) is 1.34. The lowest BCUT2D eigenvalue weighted by molar-refractivity contribution is -0.128. The van der Waals surface area contributed by atoms with Crippen molar-refractivity contribution < 1.29 is 17.5 Å². The molecule has 8 heteroatoms. The molecule has 0 spiro atoms. The van der Waals surface area contributed by atoms with Gasteiger partial charge in [0.15, 0.2) is 0 Å². The number of carbonyl (C=O) groups is 1. The van der Waals surface area contributed by atoms with E-state index in [2.05, 4.69) is 11.2 Å². The van der Waals surface area contributed by atoms with Crippen molar-refractivity contribution in [3.05, 3.63) is 52.4 Å². The van der Waals surface area contributed by atoms with Gasteiger partial charge in [0.1, 0.15) is 22.6 Å². The Morgan fingerprint density at radius 3 is 2.71 bits per heavy atom. The predicted octanol–water partition coefficient (Wildman–Crippen LogP) is 4.59. The number of ketones is 1. The number of oxime groups is 1. The molecule has 2 bridgehead atoms. The fourth-order valence-corrected chi connectivity index (χ4v) is 7.49. The summed E-state index contributed by atoms with van der Waals surface area (Å²) in [6.45, 7) is 5.87. The largest absolute Gasteiger partial charge is 0.329 e. The molecule has 0 saturated heterocycles. The van der Waals surface area contributed by atoms with Crippen LogP contribution in [0.4, 0.5) is 0 Å². The maximum Gasteiger partial charge on any atom is 0.329 e. The van der Waals surface area contributed by atoms with Gasteiger partial charge in [-0.05, 0) is 53.7 Å². The second kappa shape index (κ2) is 7.64. The smallest absolute Gasteiger partial charge is 0.299 e. The van der Waals surface area contributed by atoms with E-state index < -0.39 is 15.5 Å². The first-order valence-electron chi connectivity index (χ1n) is 10.2. The summed E-state index contributed by atoms with van der Waals surface area (Å²) in [5, 5.41) is 15.7. The molecule has 2 saturated carbocycles. The van der Waals surface area contributed by atoms with Gasteiger partial charge in [0.05, 0.1) is 11.0 Å². The molecule has 1 aromatic rings. The Kier molecular flexibility index (Phi) is 5.39. The molecule has 2 atom stereocenters. The molecule has 31 heavy (non-hydrogen) atoms. The highest BCUT2D eigenvalue weighted by atomic mass is 32.2. The molecule has 0 N–H and O–H groups in total. The van der Waals surface area contributed by atoms with Gasteiger partial charge >= 0.3 is 10.1 Å². The first kappa shape index (κ1) is 21.8. The third-order valence-corrected chi connectivity index (χ3v) is 9.17. The van der Waals surface area contributed by atoms with E-state index in [9.17, 15) is 18.5 Å². The number of thioether (sulfide) groups is 1. The molecule has 0 radical (unpaired) electrons. The van der Waals surface area contributed by atoms with Crippen LogP contribution in [0.15, 0.2) is 46.5 Å². The zero-order chi connectivity index (χ0) is 22.4. The molecule has 162 valence electrons. The minimum Gasteiger partial charge on any atom is -0.299 e. The molecular weight excluding hydrogens is 432 g/mol. The Bertz CT molecular complexity index is 1190. The van der Waals surface area contributed by atoms with Crippen LogP contribution in [0.25, 0.3) is 5.57 Å². The van der Waals surface area contributed by atoms with Crippen molar-refractivity contribution in [2.75, 3.05) is 5.75 Å². The molecule has 3 aliphatic rings. The number of carbonyl (C=O) groups excluding carboxylic acids is 1. The number of aryl methyl sites for hydroxylation is 1. The fraction of sp³-hybridized carbons (Fsp3) is 0.435. The Balaban J connectivity index is 1.62. The van der Waals surface area contributed by atoms with Crippen molar-refractivity contribution >= 4 is 38.3 Å². The highest BCUT2D eigenvalue weighted by molar-refractivity contribution is 8.17. The number of benzene rings is 1. The number of rotatable bonds is 5. The van der Waals surface area contributed by atoms with Gasteiger partial charge < -0.3 is 0 Å². The van der Waals surface area contributed by atoms with Gasteiger partial charge in [-0.25, -0.2) is 0 Å². The Morgan fingerprint density at radius 1 is 1.35 bits per heavy atom. The minimum absolute atomic E-state index is 0.0115. The fourth-order valence-electron chi connectivity index (χ4n) is 5.21. The number of fused-ring (bicyclic) bond motifs is 2. The highest BCUT2D eigenvalue weighted by Crippen LogP contribution is 2.64. The van der Waals surface area contributed by atoms with Crippen LogP contribution in [-0.4, -0.2) is 25.0 Å². The van der Waals surface area contributed by atoms with Crippen molar-refractivity contribution in [3.8, 4) is 6.07 Å². The number of hydrogen-bond acceptors (Lipinski definition) is 7. The number of hydrogen-bond donors (Lipinski definition) is 0. The molecule has 2 aliphatic carbocycles. The summed E-state index contributed by atoms with van der Waals surface area (Å²) < 4.78 is 30.7. The minimum atomic E-state index is -4.08. The summed E-state index contributed by atoms with van der Waals surface area (Å²) >= 11 is 1.20. The van der Waals surface area contributed by atoms with E-state index in [1.54, 1.807) is 11.5 Å². The van der Waals surface area contributed by atoms with Crippen LogP contribution in [0.3, 0.4) is 0 Å². The van der Waals surface area contributed by atoms with E-state index in [0.717, 1.165) is 17.5 Å². The van der Waals surface area contributed by atoms with Crippen molar-refractivity contribution in [1.29, 1.82) is 5.26 Å². The third-order valence-electron chi connectivity index (χ3n) is 7.24. The SMILES string of the molecule is Cc1ccccc1/C(C#N)=C1\C=CS\C1=N/OS(=O)(=O)CC12CC[C@H](CC1=O)C2(C)C. The van der Waals surface area contributed by atoms with Gasteiger partial charge in [-0.3, -0.25) is 9.08 Å². The summed E-state index contributed by atoms with van der Waals surface area (Å²) in [5.74, 6) is -0.130. The highest BCUT2D eigenvalue weighted by Gasteiger charge is 2.65. The Morgan fingerprint density at radius 2 is 2.10 bits per heavy atom. The van der Waals surface area contributed by atoms with Gasteiger partial charge in [0, 0.05) is 12.0 Å². The summed E-state index contributed by atoms with van der Waals surface area (Å²) in [7, 11) is -4.08. The predicted molar refractivity (Wildman–Crippen MR) is 121 cm³/mol. The monoisotopic (exact) mass is 456 g/mol. The zero-order valence-corrected chi connectivity index (χ0v) is 19.3. The molecule has 4 rings (SSSR count). The number of allylic oxidation sites excluding steroid dienone is 2. The van der Waals surface area contributed by atoms with Crippen molar-refractivity contribution in [2.24, 2.45) is 21.9 Å². The standard InChI is InChI=1S/C23H24N2O4S2/c1-15-6-4-5-7-17(15)19(13-24)18-9-11-30-21(18)25-29-31(27,28)14-23-10-8-16(12-20(23)26)22(23,2)3/h4-7,9,11,16H,8,10,12,14H2,1-3H3/b19-18+,25-21-/t16-,23?/m1/s1. The molecule has 0 amide bonds. The van der Waals surface area contributed by atoms with Gasteiger partial charge in [-0.1, -0.05) is 55.0 Å². The second-order valence-corrected chi connectivity index (χ2v) is 11.4. The van der Waals surface area contributed by atoms with Crippen LogP contribution in [0.2, 0.25) is 0 Å². The average molecular weight is 457 g/mol. The van der Waals surface area contributed by atoms with Crippen LogP contribution in [0.5, 0.6) is 0 Å².